The fourth-order valence-electron chi connectivity index (χ4n) is 0.646. The van der Waals surface area contributed by atoms with Gasteiger partial charge in [-0.05, 0) is 0 Å². The molecule has 0 bridgehead atoms. The van der Waals surface area contributed by atoms with E-state index in [1.807, 2.05) is 6.92 Å². The minimum Gasteiger partial charge on any atom is -0.469 e. The molecule has 0 heterocycles. The summed E-state index contributed by atoms with van der Waals surface area (Å²) in [6.07, 6.45) is 0.318. The predicted molar refractivity (Wildman–Crippen MR) is 50.6 cm³/mol. The first kappa shape index (κ1) is 12.3. The molecule has 0 fully saturated rings. The van der Waals surface area contributed by atoms with Crippen molar-refractivity contribution < 1.29 is 19.1 Å². The topological polar surface area (TPSA) is 52.6 Å². The van der Waals surface area contributed by atoms with Crippen LogP contribution in [0.1, 0.15) is 13.3 Å². The van der Waals surface area contributed by atoms with Crippen LogP contribution in [0.5, 0.6) is 0 Å². The summed E-state index contributed by atoms with van der Waals surface area (Å²) in [6, 6.07) is 0. The van der Waals surface area contributed by atoms with Crippen LogP contribution < -0.4 is 0 Å². The van der Waals surface area contributed by atoms with E-state index in [9.17, 15) is 9.59 Å². The van der Waals surface area contributed by atoms with Gasteiger partial charge in [-0.15, -0.1) is 11.8 Å². The minimum absolute atomic E-state index is 0.0755. The van der Waals surface area contributed by atoms with Crippen molar-refractivity contribution in [2.24, 2.45) is 0 Å². The molecule has 0 unspecified atom stereocenters. The summed E-state index contributed by atoms with van der Waals surface area (Å²) in [6.45, 7) is 1.87. The average molecular weight is 206 g/mol. The monoisotopic (exact) mass is 206 g/mol. The van der Waals surface area contributed by atoms with Gasteiger partial charge in [0.2, 0.25) is 0 Å². The molecule has 0 rings (SSSR count). The zero-order chi connectivity index (χ0) is 10.3. The largest absolute Gasteiger partial charge is 0.469 e. The summed E-state index contributed by atoms with van der Waals surface area (Å²) in [5.74, 6) is -0.263. The first-order valence-electron chi connectivity index (χ1n) is 3.85. The SMILES string of the molecule is COC(=O)CS[C@@H](C)CC(=O)OC. The molecule has 0 saturated heterocycles. The number of carbonyl (C=O) groups excluding carboxylic acids is 2. The molecule has 0 spiro atoms. The number of carbonyl (C=O) groups is 2. The third-order valence-electron chi connectivity index (χ3n) is 1.40. The molecule has 13 heavy (non-hydrogen) atoms. The first-order valence-corrected chi connectivity index (χ1v) is 4.90. The third-order valence-corrected chi connectivity index (χ3v) is 2.53. The van der Waals surface area contributed by atoms with Gasteiger partial charge in [0.05, 0.1) is 26.4 Å². The van der Waals surface area contributed by atoms with Crippen LogP contribution in [0.15, 0.2) is 0 Å². The number of methoxy groups -OCH3 is 2. The Bertz CT molecular complexity index is 181. The Morgan fingerprint density at radius 1 is 1.23 bits per heavy atom. The van der Waals surface area contributed by atoms with Gasteiger partial charge in [-0.2, -0.15) is 0 Å². The van der Waals surface area contributed by atoms with Crippen LogP contribution in [0.2, 0.25) is 0 Å². The normalized spacial score (nSPS) is 11.9. The molecule has 5 heteroatoms. The summed E-state index contributed by atoms with van der Waals surface area (Å²) in [5, 5.41) is 0.0755. The van der Waals surface area contributed by atoms with E-state index >= 15 is 0 Å². The maximum Gasteiger partial charge on any atom is 0.315 e. The van der Waals surface area contributed by atoms with E-state index in [2.05, 4.69) is 9.47 Å². The Labute approximate surface area is 82.0 Å². The van der Waals surface area contributed by atoms with E-state index in [1.54, 1.807) is 0 Å². The number of rotatable bonds is 5. The highest BCUT2D eigenvalue weighted by Gasteiger charge is 2.11. The molecular formula is C8H14O4S. The minimum atomic E-state index is -0.276. The molecule has 0 N–H and O–H groups in total. The van der Waals surface area contributed by atoms with Gasteiger partial charge < -0.3 is 9.47 Å². The fourth-order valence-corrected chi connectivity index (χ4v) is 1.44. The molecule has 0 amide bonds. The summed E-state index contributed by atoms with van der Waals surface area (Å²) >= 11 is 1.38. The molecule has 0 aliphatic carbocycles. The Morgan fingerprint density at radius 3 is 2.23 bits per heavy atom. The van der Waals surface area contributed by atoms with E-state index in [-0.39, 0.29) is 22.9 Å². The average Bonchev–Trinajstić information content (AvgIpc) is 2.13. The van der Waals surface area contributed by atoms with Crippen molar-refractivity contribution >= 4 is 23.7 Å². The number of hydrogen-bond acceptors (Lipinski definition) is 5. The van der Waals surface area contributed by atoms with Gasteiger partial charge in [-0.3, -0.25) is 9.59 Å². The lowest BCUT2D eigenvalue weighted by atomic mass is 10.3. The first-order chi connectivity index (χ1) is 6.10. The number of hydrogen-bond donors (Lipinski definition) is 0. The van der Waals surface area contributed by atoms with E-state index in [0.717, 1.165) is 0 Å². The second-order valence-electron chi connectivity index (χ2n) is 2.48. The molecule has 4 nitrogen and oxygen atoms in total. The van der Waals surface area contributed by atoms with Crippen molar-refractivity contribution in [1.82, 2.24) is 0 Å². The molecule has 0 aliphatic heterocycles. The van der Waals surface area contributed by atoms with Crippen molar-refractivity contribution in [2.75, 3.05) is 20.0 Å². The van der Waals surface area contributed by atoms with Crippen LogP contribution in [0, 0.1) is 0 Å². The lowest BCUT2D eigenvalue weighted by Crippen LogP contribution is -2.12. The summed E-state index contributed by atoms with van der Waals surface area (Å²) in [4.78, 5) is 21.5. The van der Waals surface area contributed by atoms with Gasteiger partial charge in [-0.1, -0.05) is 6.92 Å². The van der Waals surface area contributed by atoms with E-state index in [1.165, 1.54) is 26.0 Å². The highest BCUT2D eigenvalue weighted by molar-refractivity contribution is 8.00. The van der Waals surface area contributed by atoms with E-state index < -0.39 is 0 Å². The van der Waals surface area contributed by atoms with Gasteiger partial charge in [0, 0.05) is 5.25 Å². The fraction of sp³-hybridized carbons (Fsp3) is 0.750. The Kier molecular flexibility index (Phi) is 6.40. The maximum absolute atomic E-state index is 10.8. The smallest absolute Gasteiger partial charge is 0.315 e. The van der Waals surface area contributed by atoms with Crippen molar-refractivity contribution in [2.45, 2.75) is 18.6 Å². The van der Waals surface area contributed by atoms with Crippen LogP contribution in [-0.4, -0.2) is 37.2 Å². The molecule has 76 valence electrons. The van der Waals surface area contributed by atoms with Crippen molar-refractivity contribution in [1.29, 1.82) is 0 Å². The Morgan fingerprint density at radius 2 is 1.77 bits per heavy atom. The third kappa shape index (κ3) is 6.45. The molecule has 1 atom stereocenters. The Hall–Kier alpha value is -0.710. The van der Waals surface area contributed by atoms with Crippen LogP contribution in [0.25, 0.3) is 0 Å². The van der Waals surface area contributed by atoms with Crippen LogP contribution in [-0.2, 0) is 19.1 Å². The van der Waals surface area contributed by atoms with Gasteiger partial charge in [0.25, 0.3) is 0 Å². The Balaban J connectivity index is 3.56. The van der Waals surface area contributed by atoms with Gasteiger partial charge in [-0.25, -0.2) is 0 Å². The van der Waals surface area contributed by atoms with Gasteiger partial charge in [0.15, 0.2) is 0 Å². The zero-order valence-corrected chi connectivity index (χ0v) is 8.85. The quantitative estimate of drug-likeness (QED) is 0.624. The van der Waals surface area contributed by atoms with E-state index in [4.69, 9.17) is 0 Å². The lowest BCUT2D eigenvalue weighted by Gasteiger charge is -2.07. The van der Waals surface area contributed by atoms with Crippen molar-refractivity contribution in [3.63, 3.8) is 0 Å². The highest BCUT2D eigenvalue weighted by atomic mass is 32.2. The molecule has 0 aliphatic rings. The van der Waals surface area contributed by atoms with Gasteiger partial charge in [0.1, 0.15) is 0 Å². The second-order valence-corrected chi connectivity index (χ2v) is 3.90. The van der Waals surface area contributed by atoms with Crippen LogP contribution in [0.4, 0.5) is 0 Å². The summed E-state index contributed by atoms with van der Waals surface area (Å²) < 4.78 is 8.94. The summed E-state index contributed by atoms with van der Waals surface area (Å²) in [5.41, 5.74) is 0. The number of ether oxygens (including phenoxy) is 2. The molecular weight excluding hydrogens is 192 g/mol. The van der Waals surface area contributed by atoms with E-state index in [0.29, 0.717) is 6.42 Å². The highest BCUT2D eigenvalue weighted by Crippen LogP contribution is 2.14. The zero-order valence-electron chi connectivity index (χ0n) is 8.03. The molecule has 0 aromatic heterocycles. The molecule has 0 radical (unpaired) electrons. The lowest BCUT2D eigenvalue weighted by molar-refractivity contribution is -0.140. The number of esters is 2. The second kappa shape index (κ2) is 6.77. The standard InChI is InChI=1S/C8H14O4S/c1-6(4-7(9)11-2)13-5-8(10)12-3/h6H,4-5H2,1-3H3/t6-/m0/s1. The molecule has 0 aromatic carbocycles. The van der Waals surface area contributed by atoms with Crippen molar-refractivity contribution in [3.8, 4) is 0 Å². The predicted octanol–water partition coefficient (Wildman–Crippen LogP) is 0.844. The molecule has 0 saturated carbocycles. The summed E-state index contributed by atoms with van der Waals surface area (Å²) in [7, 11) is 2.69. The number of thioether (sulfide) groups is 1. The van der Waals surface area contributed by atoms with Crippen molar-refractivity contribution in [3.05, 3.63) is 0 Å². The van der Waals surface area contributed by atoms with Crippen LogP contribution >= 0.6 is 11.8 Å². The maximum atomic E-state index is 10.8. The van der Waals surface area contributed by atoms with Gasteiger partial charge >= 0.3 is 11.9 Å². The molecule has 0 aromatic rings. The van der Waals surface area contributed by atoms with Crippen LogP contribution in [0.3, 0.4) is 0 Å².